The Morgan fingerprint density at radius 3 is 2.53 bits per heavy atom. The summed E-state index contributed by atoms with van der Waals surface area (Å²) in [6, 6.07) is 15.0. The van der Waals surface area contributed by atoms with Gasteiger partial charge in [0, 0.05) is 12.2 Å². The van der Waals surface area contributed by atoms with Gasteiger partial charge in [-0.05, 0) is 43.3 Å². The van der Waals surface area contributed by atoms with Crippen LogP contribution in [0.1, 0.15) is 12.7 Å². The van der Waals surface area contributed by atoms with E-state index in [0.29, 0.717) is 29.7 Å². The Labute approximate surface area is 180 Å². The zero-order chi connectivity index (χ0) is 21.3. The number of thioether (sulfide) groups is 1. The summed E-state index contributed by atoms with van der Waals surface area (Å²) >= 11 is 1.35. The normalized spacial score (nSPS) is 10.5. The summed E-state index contributed by atoms with van der Waals surface area (Å²) < 4.78 is 12.4. The van der Waals surface area contributed by atoms with Crippen molar-refractivity contribution in [3.05, 3.63) is 54.4 Å². The highest BCUT2D eigenvalue weighted by atomic mass is 32.2. The third-order valence-electron chi connectivity index (χ3n) is 4.36. The van der Waals surface area contributed by atoms with E-state index in [0.717, 1.165) is 17.3 Å². The standard InChI is InChI=1S/C21H25N5O3S/c1-4-26-19(13-22-15-9-11-16(28-2)12-10-15)24-25-21(26)30-14-20(27)23-17-7-5-6-8-18(17)29-3/h5-12,22H,4,13-14H2,1-3H3,(H,23,27). The zero-order valence-electron chi connectivity index (χ0n) is 17.2. The second-order valence-electron chi connectivity index (χ2n) is 6.26. The molecule has 0 fully saturated rings. The quantitative estimate of drug-likeness (QED) is 0.477. The Morgan fingerprint density at radius 1 is 1.07 bits per heavy atom. The van der Waals surface area contributed by atoms with Crippen LogP contribution in [-0.4, -0.2) is 40.6 Å². The molecule has 1 heterocycles. The first-order valence-electron chi connectivity index (χ1n) is 9.50. The lowest BCUT2D eigenvalue weighted by atomic mass is 10.3. The Balaban J connectivity index is 1.57. The fourth-order valence-electron chi connectivity index (χ4n) is 2.83. The number of benzene rings is 2. The van der Waals surface area contributed by atoms with E-state index in [-0.39, 0.29) is 11.7 Å². The molecule has 9 heteroatoms. The SMILES string of the molecule is CCn1c(CNc2ccc(OC)cc2)nnc1SCC(=O)Nc1ccccc1OC. The fourth-order valence-corrected chi connectivity index (χ4v) is 3.65. The number of nitrogens with zero attached hydrogens (tertiary/aromatic N) is 3. The molecular weight excluding hydrogens is 402 g/mol. The third-order valence-corrected chi connectivity index (χ3v) is 5.33. The van der Waals surface area contributed by atoms with Crippen LogP contribution in [-0.2, 0) is 17.9 Å². The predicted octanol–water partition coefficient (Wildman–Crippen LogP) is 3.66. The van der Waals surface area contributed by atoms with Crippen molar-refractivity contribution in [1.82, 2.24) is 14.8 Å². The number of methoxy groups -OCH3 is 2. The highest BCUT2D eigenvalue weighted by molar-refractivity contribution is 7.99. The molecule has 1 aromatic heterocycles. The minimum absolute atomic E-state index is 0.131. The number of carbonyl (C=O) groups is 1. The van der Waals surface area contributed by atoms with Gasteiger partial charge in [0.15, 0.2) is 11.0 Å². The Morgan fingerprint density at radius 2 is 1.83 bits per heavy atom. The number of ether oxygens (including phenoxy) is 2. The largest absolute Gasteiger partial charge is 0.497 e. The van der Waals surface area contributed by atoms with Gasteiger partial charge in [0.1, 0.15) is 11.5 Å². The molecule has 3 aromatic rings. The van der Waals surface area contributed by atoms with E-state index in [9.17, 15) is 4.79 Å². The van der Waals surface area contributed by atoms with Crippen molar-refractivity contribution in [3.63, 3.8) is 0 Å². The summed E-state index contributed by atoms with van der Waals surface area (Å²) in [5.74, 6) is 2.33. The summed E-state index contributed by atoms with van der Waals surface area (Å²) in [6.45, 7) is 3.27. The third kappa shape index (κ3) is 5.44. The van der Waals surface area contributed by atoms with Crippen LogP contribution < -0.4 is 20.1 Å². The van der Waals surface area contributed by atoms with Crippen molar-refractivity contribution in [3.8, 4) is 11.5 Å². The van der Waals surface area contributed by atoms with Crippen molar-refractivity contribution in [2.24, 2.45) is 0 Å². The van der Waals surface area contributed by atoms with Crippen LogP contribution in [0.3, 0.4) is 0 Å². The second kappa shape index (κ2) is 10.5. The molecule has 0 unspecified atom stereocenters. The maximum Gasteiger partial charge on any atom is 0.234 e. The number of hydrogen-bond acceptors (Lipinski definition) is 7. The molecular formula is C21H25N5O3S. The van der Waals surface area contributed by atoms with Gasteiger partial charge in [-0.25, -0.2) is 0 Å². The van der Waals surface area contributed by atoms with Crippen molar-refractivity contribution >= 4 is 29.0 Å². The fraction of sp³-hybridized carbons (Fsp3) is 0.286. The molecule has 8 nitrogen and oxygen atoms in total. The number of nitrogens with one attached hydrogen (secondary N) is 2. The first-order chi connectivity index (χ1) is 14.6. The zero-order valence-corrected chi connectivity index (χ0v) is 18.0. The molecule has 0 saturated carbocycles. The number of carbonyl (C=O) groups excluding carboxylic acids is 1. The number of aromatic nitrogens is 3. The molecule has 0 bridgehead atoms. The maximum absolute atomic E-state index is 12.4. The molecule has 30 heavy (non-hydrogen) atoms. The number of rotatable bonds is 10. The van der Waals surface area contributed by atoms with Crippen molar-refractivity contribution in [2.75, 3.05) is 30.6 Å². The van der Waals surface area contributed by atoms with Crippen molar-refractivity contribution in [2.45, 2.75) is 25.2 Å². The highest BCUT2D eigenvalue weighted by Gasteiger charge is 2.14. The van der Waals surface area contributed by atoms with Crippen LogP contribution in [0.25, 0.3) is 0 Å². The Bertz CT molecular complexity index is 975. The second-order valence-corrected chi connectivity index (χ2v) is 7.20. The first kappa shape index (κ1) is 21.5. The smallest absolute Gasteiger partial charge is 0.234 e. The van der Waals surface area contributed by atoms with Gasteiger partial charge in [0.2, 0.25) is 5.91 Å². The molecule has 0 atom stereocenters. The number of hydrogen-bond donors (Lipinski definition) is 2. The summed E-state index contributed by atoms with van der Waals surface area (Å²) in [6.07, 6.45) is 0. The van der Waals surface area contributed by atoms with Gasteiger partial charge in [-0.3, -0.25) is 4.79 Å². The molecule has 1 amide bonds. The van der Waals surface area contributed by atoms with Gasteiger partial charge in [-0.15, -0.1) is 10.2 Å². The summed E-state index contributed by atoms with van der Waals surface area (Å²) in [4.78, 5) is 12.4. The summed E-state index contributed by atoms with van der Waals surface area (Å²) in [5.41, 5.74) is 1.61. The van der Waals surface area contributed by atoms with Crippen LogP contribution in [0.4, 0.5) is 11.4 Å². The molecule has 0 spiro atoms. The summed E-state index contributed by atoms with van der Waals surface area (Å²) in [7, 11) is 3.22. The molecule has 158 valence electrons. The van der Waals surface area contributed by atoms with E-state index in [1.54, 1.807) is 26.4 Å². The lowest BCUT2D eigenvalue weighted by molar-refractivity contribution is -0.113. The van der Waals surface area contributed by atoms with Gasteiger partial charge in [0.25, 0.3) is 0 Å². The van der Waals surface area contributed by atoms with Gasteiger partial charge in [-0.2, -0.15) is 0 Å². The van der Waals surface area contributed by atoms with E-state index in [1.165, 1.54) is 11.8 Å². The van der Waals surface area contributed by atoms with Gasteiger partial charge in [0.05, 0.1) is 32.2 Å². The Hall–Kier alpha value is -3.20. The molecule has 0 radical (unpaired) electrons. The average Bonchev–Trinajstić information content (AvgIpc) is 3.18. The minimum atomic E-state index is -0.131. The monoisotopic (exact) mass is 427 g/mol. The Kier molecular flexibility index (Phi) is 7.56. The molecule has 0 aliphatic rings. The van der Waals surface area contributed by atoms with Gasteiger partial charge in [-0.1, -0.05) is 23.9 Å². The van der Waals surface area contributed by atoms with Crippen LogP contribution in [0.5, 0.6) is 11.5 Å². The van der Waals surface area contributed by atoms with Crippen LogP contribution in [0.2, 0.25) is 0 Å². The molecule has 0 aliphatic carbocycles. The predicted molar refractivity (Wildman–Crippen MR) is 118 cm³/mol. The van der Waals surface area contributed by atoms with E-state index >= 15 is 0 Å². The minimum Gasteiger partial charge on any atom is -0.497 e. The van der Waals surface area contributed by atoms with Crippen LogP contribution >= 0.6 is 11.8 Å². The molecule has 0 aliphatic heterocycles. The highest BCUT2D eigenvalue weighted by Crippen LogP contribution is 2.24. The number of amides is 1. The number of para-hydroxylation sites is 2. The number of anilines is 2. The first-order valence-corrected chi connectivity index (χ1v) is 10.5. The van der Waals surface area contributed by atoms with E-state index < -0.39 is 0 Å². The van der Waals surface area contributed by atoms with Crippen molar-refractivity contribution < 1.29 is 14.3 Å². The lowest BCUT2D eigenvalue weighted by Gasteiger charge is -2.11. The summed E-state index contributed by atoms with van der Waals surface area (Å²) in [5, 5.41) is 15.4. The lowest BCUT2D eigenvalue weighted by Crippen LogP contribution is -2.15. The van der Waals surface area contributed by atoms with E-state index in [2.05, 4.69) is 20.8 Å². The maximum atomic E-state index is 12.4. The molecule has 0 saturated heterocycles. The molecule has 3 rings (SSSR count). The van der Waals surface area contributed by atoms with Crippen molar-refractivity contribution in [1.29, 1.82) is 0 Å². The molecule has 2 aromatic carbocycles. The van der Waals surface area contributed by atoms with E-state index in [1.807, 2.05) is 47.9 Å². The average molecular weight is 428 g/mol. The molecule has 2 N–H and O–H groups in total. The van der Waals surface area contributed by atoms with Gasteiger partial charge < -0.3 is 24.7 Å². The van der Waals surface area contributed by atoms with Crippen LogP contribution in [0.15, 0.2) is 53.7 Å². The van der Waals surface area contributed by atoms with Gasteiger partial charge >= 0.3 is 0 Å². The topological polar surface area (TPSA) is 90.3 Å². The van der Waals surface area contributed by atoms with Crippen LogP contribution in [0, 0.1) is 0 Å². The van der Waals surface area contributed by atoms with E-state index in [4.69, 9.17) is 9.47 Å².